The maximum absolute atomic E-state index is 4.94. The van der Waals surface area contributed by atoms with Gasteiger partial charge in [0.1, 0.15) is 0 Å². The molecule has 0 aliphatic heterocycles. The van der Waals surface area contributed by atoms with Crippen LogP contribution < -0.4 is 10.6 Å². The highest BCUT2D eigenvalue weighted by Gasteiger charge is 2.25. The van der Waals surface area contributed by atoms with Crippen molar-refractivity contribution in [3.05, 3.63) is 307 Å². The van der Waals surface area contributed by atoms with E-state index in [1.807, 2.05) is 77.2 Å². The summed E-state index contributed by atoms with van der Waals surface area (Å²) in [6, 6.07) is 27.2. The monoisotopic (exact) mass is 1170 g/mol. The summed E-state index contributed by atoms with van der Waals surface area (Å²) in [6.45, 7) is 46.1. The van der Waals surface area contributed by atoms with Crippen LogP contribution in [-0.2, 0) is 0 Å². The van der Waals surface area contributed by atoms with Crippen molar-refractivity contribution in [1.29, 1.82) is 0 Å². The zero-order chi connectivity index (χ0) is 64.7. The number of aromatic nitrogens is 2. The molecule has 4 aromatic carbocycles. The van der Waals surface area contributed by atoms with Gasteiger partial charge >= 0.3 is 0 Å². The van der Waals surface area contributed by atoms with Gasteiger partial charge in [-0.25, -0.2) is 0 Å². The van der Waals surface area contributed by atoms with Crippen molar-refractivity contribution in [3.8, 4) is 16.8 Å². The molecular formula is C87H102N2. The Bertz CT molecular complexity index is 4020. The first-order valence-corrected chi connectivity index (χ1v) is 32.4. The maximum atomic E-state index is 4.94. The molecule has 3 aliphatic rings. The van der Waals surface area contributed by atoms with Crippen LogP contribution in [0.3, 0.4) is 0 Å². The van der Waals surface area contributed by atoms with Crippen LogP contribution in [0.15, 0.2) is 279 Å². The van der Waals surface area contributed by atoms with Crippen LogP contribution in [-0.4, -0.2) is 9.13 Å². The zero-order valence-corrected chi connectivity index (χ0v) is 56.2. The second-order valence-corrected chi connectivity index (χ2v) is 22.4. The summed E-state index contributed by atoms with van der Waals surface area (Å²) < 4.78 is 4.92. The molecule has 9 rings (SSSR count). The van der Waals surface area contributed by atoms with Gasteiger partial charge in [-0.3, -0.25) is 0 Å². The van der Waals surface area contributed by atoms with E-state index in [0.29, 0.717) is 0 Å². The molecule has 0 unspecified atom stereocenters. The van der Waals surface area contributed by atoms with Crippen molar-refractivity contribution >= 4 is 67.8 Å². The predicted octanol–water partition coefficient (Wildman–Crippen LogP) is 24.9. The summed E-state index contributed by atoms with van der Waals surface area (Å²) in [4.78, 5) is 0. The first kappa shape index (κ1) is 70.8. The molecule has 0 amide bonds. The van der Waals surface area contributed by atoms with Gasteiger partial charge in [0.05, 0.1) is 16.6 Å². The highest BCUT2D eigenvalue weighted by Crippen LogP contribution is 2.45. The molecule has 460 valence electrons. The number of nitrogens with zero attached hydrogens (tertiary/aromatic N) is 2. The fourth-order valence-electron chi connectivity index (χ4n) is 11.2. The molecule has 0 bridgehead atoms. The highest BCUT2D eigenvalue weighted by molar-refractivity contribution is 6.19. The Labute approximate surface area is 537 Å². The number of para-hydroxylation sites is 2. The number of hydrogen-bond donors (Lipinski definition) is 0. The van der Waals surface area contributed by atoms with Gasteiger partial charge in [-0.2, -0.15) is 0 Å². The average Bonchev–Trinajstić information content (AvgIpc) is 1.59. The van der Waals surface area contributed by atoms with E-state index >= 15 is 0 Å². The van der Waals surface area contributed by atoms with Crippen molar-refractivity contribution in [2.75, 3.05) is 0 Å². The van der Waals surface area contributed by atoms with Gasteiger partial charge in [0.15, 0.2) is 0 Å². The Kier molecular flexibility index (Phi) is 29.9. The Morgan fingerprint density at radius 1 is 0.652 bits per heavy atom. The normalized spacial score (nSPS) is 14.7. The fourth-order valence-corrected chi connectivity index (χ4v) is 11.2. The third-order valence-corrected chi connectivity index (χ3v) is 15.4. The molecule has 0 N–H and O–H groups in total. The van der Waals surface area contributed by atoms with E-state index in [1.165, 1.54) is 61.6 Å². The lowest BCUT2D eigenvalue weighted by Crippen LogP contribution is -2.29. The van der Waals surface area contributed by atoms with Crippen LogP contribution in [0.1, 0.15) is 151 Å². The molecule has 2 aromatic heterocycles. The lowest BCUT2D eigenvalue weighted by Gasteiger charge is -2.17. The average molecular weight is 1180 g/mol. The van der Waals surface area contributed by atoms with Gasteiger partial charge in [0, 0.05) is 54.8 Å². The molecule has 0 fully saturated rings. The van der Waals surface area contributed by atoms with Gasteiger partial charge < -0.3 is 9.13 Å². The van der Waals surface area contributed by atoms with Gasteiger partial charge in [-0.05, 0) is 181 Å². The van der Waals surface area contributed by atoms with Crippen LogP contribution >= 0.6 is 0 Å². The molecule has 0 radical (unpaired) electrons. The highest BCUT2D eigenvalue weighted by atomic mass is 15.0. The number of hydrogen-bond acceptors (Lipinski definition) is 0. The maximum Gasteiger partial charge on any atom is 0.0620 e. The summed E-state index contributed by atoms with van der Waals surface area (Å²) in [6.07, 6.45) is 66.4. The second-order valence-electron chi connectivity index (χ2n) is 22.4. The van der Waals surface area contributed by atoms with Gasteiger partial charge in [-0.1, -0.05) is 266 Å². The molecule has 2 nitrogen and oxygen atoms in total. The SMILES string of the molecule is C/C=C\C=C/C.C=CC/C=C(/C)CC(C)C.C=CCC.C=Cc1ccc(-n2c(=C)/c(=C(\C=C/C)C3=CC=CCC3)c3cccc(-c4cccc5c6cc(C7=CCCC=C7)cc(C(=C)/C=C\C=C/C)c6n(C6=CCC=C(/C(C)=C/C=C\C)C=C6)c45)c32)cc1.CC. The standard InChI is InChI=1S/C65H60N2.C10H18.C6H10.C4H8.C2H6/c1-8-12-16-26-46(6)60-43-52(50-27-17-14-18-28-50)44-61-58-35-22-33-56(63(58)67(65(60)61)53-32-21-31-49(39-42-53)45(5)25-13-9-2)57-34-23-36-59-62(55(24-10-3)51-29-19-15-20-30-51)47(7)66(64(57)59)54-40-37-48(11-4)38-41-54;1-5-6-7-10(4)8-9(2)3;1-3-5-6-4-2;1-3-4-2;1-2/h8-13,15-17,19,22-29,31-44H,4,6-7,14,18,20-21,30H2,1-3,5H3;5,7,9H,1,6,8H2,2-4H3;3-6H,1-2H3;3H,1,4H2,2H3;1-2H3/b12-8-,13-9-,24-10-,26-16-,45-25+,62-55-;10-7-;5-3-,6-4-;;. The number of rotatable bonds is 18. The molecular weight excluding hydrogens is 1070 g/mol. The quantitative estimate of drug-likeness (QED) is 0.0600. The van der Waals surface area contributed by atoms with E-state index in [0.717, 1.165) is 117 Å². The van der Waals surface area contributed by atoms with Crippen molar-refractivity contribution in [2.45, 2.75) is 134 Å². The molecule has 0 saturated carbocycles. The van der Waals surface area contributed by atoms with Crippen LogP contribution in [0, 0.1) is 5.92 Å². The molecule has 2 heteroatoms. The van der Waals surface area contributed by atoms with Crippen LogP contribution in [0.2, 0.25) is 0 Å². The van der Waals surface area contributed by atoms with E-state index in [-0.39, 0.29) is 0 Å². The van der Waals surface area contributed by atoms with Crippen molar-refractivity contribution in [1.82, 2.24) is 9.13 Å². The summed E-state index contributed by atoms with van der Waals surface area (Å²) in [7, 11) is 0. The van der Waals surface area contributed by atoms with E-state index < -0.39 is 0 Å². The Balaban J connectivity index is 0.000000563. The molecule has 0 spiro atoms. The predicted molar refractivity (Wildman–Crippen MR) is 405 cm³/mol. The largest absolute Gasteiger partial charge is 0.309 e. The molecule has 3 aliphatic carbocycles. The zero-order valence-electron chi connectivity index (χ0n) is 56.2. The summed E-state index contributed by atoms with van der Waals surface area (Å²) in [5.41, 5.74) is 20.0. The topological polar surface area (TPSA) is 9.86 Å². The number of allylic oxidation sites excluding steroid dienone is 33. The lowest BCUT2D eigenvalue weighted by molar-refractivity contribution is 0.641. The Morgan fingerprint density at radius 2 is 1.31 bits per heavy atom. The number of fused-ring (bicyclic) bond motifs is 4. The van der Waals surface area contributed by atoms with Crippen molar-refractivity contribution in [3.63, 3.8) is 0 Å². The molecule has 2 heterocycles. The minimum atomic E-state index is 0.779. The van der Waals surface area contributed by atoms with Crippen LogP contribution in [0.5, 0.6) is 0 Å². The number of benzene rings is 4. The molecule has 0 saturated heterocycles. The first-order valence-electron chi connectivity index (χ1n) is 32.4. The van der Waals surface area contributed by atoms with E-state index in [4.69, 9.17) is 13.2 Å². The molecule has 89 heavy (non-hydrogen) atoms. The minimum Gasteiger partial charge on any atom is -0.309 e. The summed E-state index contributed by atoms with van der Waals surface area (Å²) in [5, 5.41) is 5.69. The van der Waals surface area contributed by atoms with Crippen molar-refractivity contribution < 1.29 is 0 Å². The van der Waals surface area contributed by atoms with Gasteiger partial charge in [0.2, 0.25) is 0 Å². The summed E-state index contributed by atoms with van der Waals surface area (Å²) >= 11 is 0. The molecule has 6 aromatic rings. The van der Waals surface area contributed by atoms with Gasteiger partial charge in [-0.15, -0.1) is 13.2 Å². The third-order valence-electron chi connectivity index (χ3n) is 15.4. The van der Waals surface area contributed by atoms with Crippen LogP contribution in [0.4, 0.5) is 0 Å². The smallest absolute Gasteiger partial charge is 0.0620 e. The van der Waals surface area contributed by atoms with Gasteiger partial charge in [0.25, 0.3) is 0 Å². The third kappa shape index (κ3) is 18.8. The van der Waals surface area contributed by atoms with E-state index in [9.17, 15) is 0 Å². The molecule has 0 atom stereocenters. The lowest BCUT2D eigenvalue weighted by atomic mass is 9.92. The Morgan fingerprint density at radius 3 is 1.90 bits per heavy atom. The first-order chi connectivity index (χ1) is 43.4. The van der Waals surface area contributed by atoms with Crippen LogP contribution in [0.25, 0.3) is 84.6 Å². The van der Waals surface area contributed by atoms with Crippen molar-refractivity contribution in [2.24, 2.45) is 5.92 Å². The van der Waals surface area contributed by atoms with E-state index in [2.05, 4.69) is 272 Å². The second kappa shape index (κ2) is 37.7. The summed E-state index contributed by atoms with van der Waals surface area (Å²) in [5.74, 6) is 0.779. The minimum absolute atomic E-state index is 0.779. The fraction of sp³-hybridized carbons (Fsp3) is 0.241. The Hall–Kier alpha value is -8.98. The van der Waals surface area contributed by atoms with E-state index in [1.54, 1.807) is 0 Å².